The molecule has 1 saturated heterocycles. The lowest BCUT2D eigenvalue weighted by molar-refractivity contribution is -0.200. The summed E-state index contributed by atoms with van der Waals surface area (Å²) < 4.78 is 19.4. The summed E-state index contributed by atoms with van der Waals surface area (Å²) in [6, 6.07) is 4.17. The van der Waals surface area contributed by atoms with Crippen molar-refractivity contribution in [2.24, 2.45) is 46.0 Å². The highest BCUT2D eigenvalue weighted by atomic mass is 16.7. The van der Waals surface area contributed by atoms with Crippen molar-refractivity contribution in [2.75, 3.05) is 18.5 Å². The minimum Gasteiger partial charge on any atom is -0.486 e. The first-order chi connectivity index (χ1) is 26.5. The van der Waals surface area contributed by atoms with Crippen molar-refractivity contribution in [3.05, 3.63) is 48.1 Å². The number of carbonyl (C=O) groups excluding carboxylic acids is 5. The van der Waals surface area contributed by atoms with E-state index in [0.717, 1.165) is 24.8 Å². The van der Waals surface area contributed by atoms with Gasteiger partial charge in [-0.2, -0.15) is 0 Å². The molecule has 6 rings (SSSR count). The van der Waals surface area contributed by atoms with Crippen LogP contribution < -0.4 is 32.2 Å². The van der Waals surface area contributed by atoms with E-state index in [-0.39, 0.29) is 54.8 Å². The maximum Gasteiger partial charge on any atom is 0.312 e. The van der Waals surface area contributed by atoms with Gasteiger partial charge in [0, 0.05) is 29.0 Å². The molecule has 4 amide bonds. The first-order valence-corrected chi connectivity index (χ1v) is 20.2. The van der Waals surface area contributed by atoms with Gasteiger partial charge in [-0.25, -0.2) is 4.79 Å². The average molecular weight is 778 g/mol. The highest BCUT2D eigenvalue weighted by molar-refractivity contribution is 6.01. The fraction of sp³-hybridized carbons (Fsp3) is 0.643. The number of ketones is 2. The van der Waals surface area contributed by atoms with Crippen molar-refractivity contribution in [3.8, 4) is 5.75 Å². The van der Waals surface area contributed by atoms with E-state index in [1.807, 2.05) is 26.8 Å². The van der Waals surface area contributed by atoms with Gasteiger partial charge in [0.1, 0.15) is 18.4 Å². The summed E-state index contributed by atoms with van der Waals surface area (Å²) in [4.78, 5) is 64.1. The second kappa shape index (κ2) is 16.4. The molecule has 56 heavy (non-hydrogen) atoms. The number of benzene rings is 1. The highest BCUT2D eigenvalue weighted by Gasteiger charge is 2.75. The van der Waals surface area contributed by atoms with Gasteiger partial charge in [-0.3, -0.25) is 19.2 Å². The molecular weight excluding hydrogens is 718 g/mol. The minimum absolute atomic E-state index is 0.0148. The second-order valence-corrected chi connectivity index (χ2v) is 17.1. The topological polar surface area (TPSA) is 221 Å². The summed E-state index contributed by atoms with van der Waals surface area (Å²) in [6.45, 7) is 9.83. The van der Waals surface area contributed by atoms with E-state index < -0.39 is 64.9 Å². The largest absolute Gasteiger partial charge is 0.486 e. The lowest BCUT2D eigenvalue weighted by Gasteiger charge is -2.59. The number of hydrogen-bond acceptors (Lipinski definition) is 10. The lowest BCUT2D eigenvalue weighted by atomic mass is 9.46. The number of fused-ring (bicyclic) bond motifs is 7. The SMILES string of the molecule is CCCC1O[C@@H]2C[C@H]3[C@@H]4CCC5=CC(=O)C=C[C@]5(C)[C@H]4[C@@H](O)C[C@]3(C)[C@]2(C(=O)COc2ccc(NC(=O)[C@H](CCCNC(N)=O)NC(=O)[C@@H](N)C(C)C)cc2)O1. The smallest absolute Gasteiger partial charge is 0.312 e. The number of urea groups is 1. The van der Waals surface area contributed by atoms with Crippen LogP contribution in [-0.2, 0) is 28.7 Å². The molecule has 306 valence electrons. The number of ether oxygens (including phenoxy) is 3. The Hall–Kier alpha value is -4.11. The molecule has 1 unspecified atom stereocenters. The third kappa shape index (κ3) is 7.65. The van der Waals surface area contributed by atoms with Crippen molar-refractivity contribution in [1.82, 2.24) is 10.6 Å². The summed E-state index contributed by atoms with van der Waals surface area (Å²) in [5.74, 6) is -0.849. The van der Waals surface area contributed by atoms with Gasteiger partial charge in [0.25, 0.3) is 0 Å². The molecule has 1 aromatic rings. The highest BCUT2D eigenvalue weighted by Crippen LogP contribution is 2.69. The summed E-state index contributed by atoms with van der Waals surface area (Å²) in [5, 5.41) is 20.0. The fourth-order valence-electron chi connectivity index (χ4n) is 10.5. The average Bonchev–Trinajstić information content (AvgIpc) is 3.63. The molecule has 1 heterocycles. The molecule has 3 saturated carbocycles. The Bertz CT molecular complexity index is 1750. The van der Waals surface area contributed by atoms with Gasteiger partial charge in [0.2, 0.25) is 17.6 Å². The molecule has 1 aliphatic heterocycles. The van der Waals surface area contributed by atoms with Crippen LogP contribution in [0.25, 0.3) is 0 Å². The molecule has 4 fully saturated rings. The molecule has 14 heteroatoms. The van der Waals surface area contributed by atoms with Gasteiger partial charge < -0.3 is 46.7 Å². The predicted molar refractivity (Wildman–Crippen MR) is 208 cm³/mol. The zero-order valence-corrected chi connectivity index (χ0v) is 33.2. The van der Waals surface area contributed by atoms with Crippen LogP contribution in [0, 0.1) is 34.5 Å². The molecule has 14 nitrogen and oxygen atoms in total. The summed E-state index contributed by atoms with van der Waals surface area (Å²) >= 11 is 0. The van der Waals surface area contributed by atoms with Crippen molar-refractivity contribution >= 4 is 35.1 Å². The molecule has 0 spiro atoms. The maximum absolute atomic E-state index is 14.6. The molecule has 1 aromatic carbocycles. The first-order valence-electron chi connectivity index (χ1n) is 20.2. The van der Waals surface area contributed by atoms with Crippen molar-refractivity contribution in [2.45, 2.75) is 122 Å². The molecule has 8 N–H and O–H groups in total. The van der Waals surface area contributed by atoms with Crippen LogP contribution in [-0.4, -0.2) is 83.9 Å². The maximum atomic E-state index is 14.6. The van der Waals surface area contributed by atoms with E-state index in [9.17, 15) is 29.1 Å². The van der Waals surface area contributed by atoms with Crippen molar-refractivity contribution < 1.29 is 43.3 Å². The number of rotatable bonds is 15. The number of allylic oxidation sites excluding steroid dienone is 4. The molecule has 4 aliphatic carbocycles. The summed E-state index contributed by atoms with van der Waals surface area (Å²) in [5.41, 5.74) is 10.2. The van der Waals surface area contributed by atoms with Crippen LogP contribution in [0.15, 0.2) is 48.1 Å². The molecule has 0 radical (unpaired) electrons. The monoisotopic (exact) mass is 777 g/mol. The number of nitrogens with one attached hydrogen (secondary N) is 3. The van der Waals surface area contributed by atoms with Crippen LogP contribution in [0.4, 0.5) is 10.5 Å². The van der Waals surface area contributed by atoms with Gasteiger partial charge in [-0.05, 0) is 99.1 Å². The fourth-order valence-corrected chi connectivity index (χ4v) is 10.5. The van der Waals surface area contributed by atoms with Gasteiger partial charge in [0.15, 0.2) is 17.7 Å². The number of aliphatic hydroxyl groups is 1. The number of carbonyl (C=O) groups is 5. The van der Waals surface area contributed by atoms with E-state index in [4.69, 9.17) is 25.7 Å². The Labute approximate surface area is 328 Å². The zero-order chi connectivity index (χ0) is 40.6. The Morgan fingerprint density at radius 2 is 1.84 bits per heavy atom. The van der Waals surface area contributed by atoms with Gasteiger partial charge >= 0.3 is 6.03 Å². The van der Waals surface area contributed by atoms with Crippen LogP contribution in [0.1, 0.15) is 86.0 Å². The lowest BCUT2D eigenvalue weighted by Crippen LogP contribution is -2.63. The standard InChI is InChI=1S/C42H59N5O9/c1-6-8-34-55-33-20-29-28-15-10-24-19-26(48)16-17-40(24,4)35(28)31(49)21-41(29,5)42(33,56-34)32(50)22-54-27-13-11-25(12-14-27)46-37(51)30(9-7-18-45-39(44)53)47-38(52)36(43)23(2)3/h11-14,16-17,19,23,28-31,33-36,49H,6-10,15,18,20-22,43H2,1-5H3,(H,46,51)(H,47,52)(H3,44,45,53)/t28-,29-,30-,31-,33+,34?,35+,36-,40-,41-,42+/m0/s1. The number of primary amides is 1. The number of anilines is 1. The normalized spacial score (nSPS) is 33.9. The van der Waals surface area contributed by atoms with Crippen LogP contribution >= 0.6 is 0 Å². The number of hydrogen-bond donors (Lipinski definition) is 6. The van der Waals surface area contributed by atoms with E-state index >= 15 is 0 Å². The van der Waals surface area contributed by atoms with Crippen LogP contribution in [0.5, 0.6) is 5.75 Å². The Morgan fingerprint density at radius 1 is 1.11 bits per heavy atom. The summed E-state index contributed by atoms with van der Waals surface area (Å²) in [6.07, 6.45) is 8.21. The quantitative estimate of drug-likeness (QED) is 0.142. The van der Waals surface area contributed by atoms with Crippen LogP contribution in [0.2, 0.25) is 0 Å². The number of aliphatic hydroxyl groups excluding tert-OH is 1. The predicted octanol–water partition coefficient (Wildman–Crippen LogP) is 3.66. The second-order valence-electron chi connectivity index (χ2n) is 17.1. The molecular formula is C42H59N5O9. The number of amides is 4. The summed E-state index contributed by atoms with van der Waals surface area (Å²) in [7, 11) is 0. The van der Waals surface area contributed by atoms with Gasteiger partial charge in [-0.1, -0.05) is 52.7 Å². The molecule has 0 bridgehead atoms. The van der Waals surface area contributed by atoms with E-state index in [1.165, 1.54) is 0 Å². The van der Waals surface area contributed by atoms with Crippen LogP contribution in [0.3, 0.4) is 0 Å². The van der Waals surface area contributed by atoms with Crippen molar-refractivity contribution in [3.63, 3.8) is 0 Å². The van der Waals surface area contributed by atoms with Gasteiger partial charge in [-0.15, -0.1) is 0 Å². The first kappa shape index (κ1) is 41.5. The van der Waals surface area contributed by atoms with E-state index in [1.54, 1.807) is 36.4 Å². The van der Waals surface area contributed by atoms with E-state index in [0.29, 0.717) is 37.1 Å². The Kier molecular flexibility index (Phi) is 12.2. The minimum atomic E-state index is -1.31. The Balaban J connectivity index is 1.15. The van der Waals surface area contributed by atoms with E-state index in [2.05, 4.69) is 29.8 Å². The van der Waals surface area contributed by atoms with Gasteiger partial charge in [0.05, 0.1) is 18.2 Å². The van der Waals surface area contributed by atoms with Crippen molar-refractivity contribution in [1.29, 1.82) is 0 Å². The third-order valence-electron chi connectivity index (χ3n) is 13.3. The number of Topliss-reactive ketones (excluding diaryl/α,β-unsaturated/α-hetero) is 1. The third-order valence-corrected chi connectivity index (χ3v) is 13.3. The number of nitrogens with two attached hydrogens (primary N) is 2. The molecule has 5 aliphatic rings. The molecule has 0 aromatic heterocycles. The zero-order valence-electron chi connectivity index (χ0n) is 33.2. The Morgan fingerprint density at radius 3 is 2.52 bits per heavy atom. The molecule has 11 atom stereocenters.